The van der Waals surface area contributed by atoms with Crippen molar-refractivity contribution in [2.45, 2.75) is 65.5 Å². The summed E-state index contributed by atoms with van der Waals surface area (Å²) in [5.74, 6) is 0.732. The van der Waals surface area contributed by atoms with Crippen molar-refractivity contribution in [1.82, 2.24) is 5.32 Å². The predicted molar refractivity (Wildman–Crippen MR) is 134 cm³/mol. The summed E-state index contributed by atoms with van der Waals surface area (Å²) in [5.41, 5.74) is 0.974. The highest BCUT2D eigenvalue weighted by atomic mass is 35.5. The molecule has 0 radical (unpaired) electrons. The normalized spacial score (nSPS) is 12.7. The van der Waals surface area contributed by atoms with Gasteiger partial charge in [0.15, 0.2) is 0 Å². The summed E-state index contributed by atoms with van der Waals surface area (Å²) in [4.78, 5) is 25.8. The molecule has 0 heterocycles. The zero-order valence-corrected chi connectivity index (χ0v) is 22.1. The molecule has 0 aliphatic carbocycles. The summed E-state index contributed by atoms with van der Waals surface area (Å²) in [6, 6.07) is 5.38. The van der Waals surface area contributed by atoms with E-state index in [-0.39, 0.29) is 11.8 Å². The molecule has 0 aliphatic heterocycles. The zero-order chi connectivity index (χ0) is 25.2. The number of nitrogens with zero attached hydrogens (tertiary/aromatic N) is 1. The second-order valence-corrected chi connectivity index (χ2v) is 10.6. The number of carbonyl (C=O) groups is 2. The van der Waals surface area contributed by atoms with Crippen LogP contribution < -0.4 is 15.0 Å². The molecule has 188 valence electrons. The lowest BCUT2D eigenvalue weighted by atomic mass is 9.79. The number of carbonyl (C=O) groups excluding carboxylic acids is 1. The Labute approximate surface area is 207 Å². The molecule has 9 heteroatoms. The molecule has 1 rings (SSSR count). The molecule has 0 saturated carbocycles. The number of benzene rings is 1. The molecule has 2 N–H and O–H groups in total. The molecule has 0 aliphatic rings. The van der Waals surface area contributed by atoms with Crippen LogP contribution in [0.25, 0.3) is 0 Å². The van der Waals surface area contributed by atoms with Gasteiger partial charge in [-0.1, -0.05) is 13.8 Å². The van der Waals surface area contributed by atoms with Crippen LogP contribution in [0.2, 0.25) is 0 Å². The summed E-state index contributed by atoms with van der Waals surface area (Å²) >= 11 is 11.9. The van der Waals surface area contributed by atoms with E-state index in [0.717, 1.165) is 17.0 Å². The topological polar surface area (TPSA) is 88.1 Å². The first-order valence-electron chi connectivity index (χ1n) is 11.1. The maximum atomic E-state index is 12.3. The number of amides is 1. The summed E-state index contributed by atoms with van der Waals surface area (Å²) in [6.07, 6.45) is 0.242. The SMILES string of the molecule is COc1ccc(N(CCCl)CCCl)cc1CC(C)(C)C[C@@H](CC(=O)O)NC(=O)OC(C)(C)C. The van der Waals surface area contributed by atoms with Crippen molar-refractivity contribution in [3.8, 4) is 5.75 Å². The minimum Gasteiger partial charge on any atom is -0.496 e. The van der Waals surface area contributed by atoms with Gasteiger partial charge in [0.2, 0.25) is 0 Å². The largest absolute Gasteiger partial charge is 0.496 e. The number of alkyl halides is 2. The number of alkyl carbamates (subject to hydrolysis) is 1. The van der Waals surface area contributed by atoms with Gasteiger partial charge in [-0.25, -0.2) is 4.79 Å². The summed E-state index contributed by atoms with van der Waals surface area (Å²) < 4.78 is 10.9. The second-order valence-electron chi connectivity index (χ2n) is 9.85. The Morgan fingerprint density at radius 2 is 1.73 bits per heavy atom. The number of methoxy groups -OCH3 is 1. The van der Waals surface area contributed by atoms with E-state index in [1.807, 2.05) is 26.0 Å². The number of hydrogen-bond donors (Lipinski definition) is 2. The first-order chi connectivity index (χ1) is 15.3. The van der Waals surface area contributed by atoms with Crippen LogP contribution in [0.1, 0.15) is 53.0 Å². The van der Waals surface area contributed by atoms with E-state index < -0.39 is 23.7 Å². The highest BCUT2D eigenvalue weighted by molar-refractivity contribution is 6.18. The summed E-state index contributed by atoms with van der Waals surface area (Å²) in [6.45, 7) is 10.7. The molecule has 0 spiro atoms. The van der Waals surface area contributed by atoms with Crippen LogP contribution in [0, 0.1) is 5.41 Å². The van der Waals surface area contributed by atoms with E-state index in [4.69, 9.17) is 32.7 Å². The first kappa shape index (κ1) is 29.2. The lowest BCUT2D eigenvalue weighted by Crippen LogP contribution is -2.42. The van der Waals surface area contributed by atoms with Gasteiger partial charge in [-0.2, -0.15) is 0 Å². The highest BCUT2D eigenvalue weighted by Gasteiger charge is 2.29. The highest BCUT2D eigenvalue weighted by Crippen LogP contribution is 2.34. The van der Waals surface area contributed by atoms with Crippen LogP contribution in [0.5, 0.6) is 5.75 Å². The molecule has 1 atom stereocenters. The Balaban J connectivity index is 3.09. The van der Waals surface area contributed by atoms with Crippen LogP contribution in [0.3, 0.4) is 0 Å². The predicted octanol–water partition coefficient (Wildman–Crippen LogP) is 5.31. The Morgan fingerprint density at radius 1 is 1.12 bits per heavy atom. The fourth-order valence-corrected chi connectivity index (χ4v) is 4.20. The van der Waals surface area contributed by atoms with Gasteiger partial charge in [-0.05, 0) is 62.8 Å². The summed E-state index contributed by atoms with van der Waals surface area (Å²) in [7, 11) is 1.62. The monoisotopic (exact) mass is 504 g/mol. The standard InChI is InChI=1S/C24H38Cl2N2O5/c1-23(2,3)33-22(31)27-18(14-21(29)30)16-24(4,5)15-17-13-19(7-8-20(17)32-6)28(11-9-25)12-10-26/h7-8,13,18H,9-12,14-16H2,1-6H3,(H,27,31)(H,29,30)/t18-/m1/s1. The van der Waals surface area contributed by atoms with E-state index in [2.05, 4.69) is 16.3 Å². The molecule has 1 amide bonds. The van der Waals surface area contributed by atoms with E-state index in [9.17, 15) is 14.7 Å². The molecule has 0 unspecified atom stereocenters. The summed E-state index contributed by atoms with van der Waals surface area (Å²) in [5, 5.41) is 12.1. The Hall–Kier alpha value is -1.86. The number of anilines is 1. The fourth-order valence-electron chi connectivity index (χ4n) is 3.79. The molecule has 0 fully saturated rings. The van der Waals surface area contributed by atoms with Crippen LogP contribution >= 0.6 is 23.2 Å². The van der Waals surface area contributed by atoms with Crippen molar-refractivity contribution in [2.24, 2.45) is 5.41 Å². The zero-order valence-electron chi connectivity index (χ0n) is 20.5. The van der Waals surface area contributed by atoms with Crippen molar-refractivity contribution in [2.75, 3.05) is 36.9 Å². The molecule has 33 heavy (non-hydrogen) atoms. The third kappa shape index (κ3) is 11.2. The van der Waals surface area contributed by atoms with Gasteiger partial charge in [0, 0.05) is 36.6 Å². The van der Waals surface area contributed by atoms with Crippen LogP contribution in [0.15, 0.2) is 18.2 Å². The minimum atomic E-state index is -0.982. The van der Waals surface area contributed by atoms with Crippen molar-refractivity contribution < 1.29 is 24.2 Å². The maximum absolute atomic E-state index is 12.3. The lowest BCUT2D eigenvalue weighted by Gasteiger charge is -2.31. The number of aliphatic carboxylic acids is 1. The van der Waals surface area contributed by atoms with E-state index in [1.165, 1.54) is 0 Å². The fraction of sp³-hybridized carbons (Fsp3) is 0.667. The molecule has 7 nitrogen and oxygen atoms in total. The number of carboxylic acids is 1. The van der Waals surface area contributed by atoms with Gasteiger partial charge in [0.25, 0.3) is 0 Å². The van der Waals surface area contributed by atoms with E-state index in [0.29, 0.717) is 37.7 Å². The molecular weight excluding hydrogens is 467 g/mol. The Bertz CT molecular complexity index is 775. The van der Waals surface area contributed by atoms with Gasteiger partial charge < -0.3 is 24.8 Å². The minimum absolute atomic E-state index is 0.195. The lowest BCUT2D eigenvalue weighted by molar-refractivity contribution is -0.137. The second kappa shape index (κ2) is 13.1. The smallest absolute Gasteiger partial charge is 0.407 e. The number of hydrogen-bond acceptors (Lipinski definition) is 5. The van der Waals surface area contributed by atoms with Crippen LogP contribution in [-0.2, 0) is 16.0 Å². The molecule has 0 bridgehead atoms. The number of rotatable bonds is 13. The van der Waals surface area contributed by atoms with Crippen LogP contribution in [0.4, 0.5) is 10.5 Å². The Morgan fingerprint density at radius 3 is 2.21 bits per heavy atom. The first-order valence-corrected chi connectivity index (χ1v) is 12.1. The number of ether oxygens (including phenoxy) is 2. The number of nitrogens with one attached hydrogen (secondary N) is 1. The number of halogens is 2. The molecule has 0 saturated heterocycles. The van der Waals surface area contributed by atoms with Crippen molar-refractivity contribution >= 4 is 41.0 Å². The van der Waals surface area contributed by atoms with Crippen molar-refractivity contribution in [3.05, 3.63) is 23.8 Å². The molecule has 1 aromatic rings. The van der Waals surface area contributed by atoms with Crippen molar-refractivity contribution in [3.63, 3.8) is 0 Å². The Kier molecular flexibility index (Phi) is 11.6. The quantitative estimate of drug-likeness (QED) is 0.354. The average molecular weight is 505 g/mol. The third-order valence-corrected chi connectivity index (χ3v) is 5.29. The molecule has 0 aromatic heterocycles. The van der Waals surface area contributed by atoms with Crippen molar-refractivity contribution in [1.29, 1.82) is 0 Å². The number of carboxylic acid groups (broad SMARTS) is 1. The average Bonchev–Trinajstić information content (AvgIpc) is 2.64. The van der Waals surface area contributed by atoms with Gasteiger partial charge in [0.05, 0.1) is 13.5 Å². The van der Waals surface area contributed by atoms with Gasteiger partial charge in [0.1, 0.15) is 11.4 Å². The van der Waals surface area contributed by atoms with Crippen LogP contribution in [-0.4, -0.2) is 60.8 Å². The third-order valence-electron chi connectivity index (χ3n) is 4.95. The van der Waals surface area contributed by atoms with Gasteiger partial charge in [-0.3, -0.25) is 4.79 Å². The van der Waals surface area contributed by atoms with Gasteiger partial charge >= 0.3 is 12.1 Å². The van der Waals surface area contributed by atoms with E-state index >= 15 is 0 Å². The van der Waals surface area contributed by atoms with E-state index in [1.54, 1.807) is 27.9 Å². The molecule has 1 aromatic carbocycles. The van der Waals surface area contributed by atoms with Gasteiger partial charge in [-0.15, -0.1) is 23.2 Å². The molecular formula is C24H38Cl2N2O5. The maximum Gasteiger partial charge on any atom is 0.407 e.